The van der Waals surface area contributed by atoms with Crippen molar-refractivity contribution in [1.82, 2.24) is 5.32 Å². The van der Waals surface area contributed by atoms with Crippen molar-refractivity contribution in [3.8, 4) is 0 Å². The number of benzene rings is 2. The topological polar surface area (TPSA) is 41.1 Å². The van der Waals surface area contributed by atoms with Gasteiger partial charge in [0.1, 0.15) is 0 Å². The van der Waals surface area contributed by atoms with Crippen LogP contribution in [0.3, 0.4) is 0 Å². The summed E-state index contributed by atoms with van der Waals surface area (Å²) in [6.45, 7) is 4.49. The summed E-state index contributed by atoms with van der Waals surface area (Å²) < 4.78 is 0. The molecule has 4 heteroatoms. The van der Waals surface area contributed by atoms with Crippen molar-refractivity contribution in [3.05, 3.63) is 64.7 Å². The van der Waals surface area contributed by atoms with Crippen molar-refractivity contribution >= 4 is 23.2 Å². The zero-order chi connectivity index (χ0) is 15.2. The smallest absolute Gasteiger partial charge is 0.241 e. The highest BCUT2D eigenvalue weighted by molar-refractivity contribution is 6.30. The zero-order valence-corrected chi connectivity index (χ0v) is 12.9. The standard InChI is InChI=1S/C17H19ClN2O/c1-12-3-9-16(10-4-12)20-17(21)13(2)19-11-14-5-7-15(18)8-6-14/h3-10,13,19H,11H2,1-2H3,(H,20,21). The van der Waals surface area contributed by atoms with E-state index in [0.29, 0.717) is 11.6 Å². The fourth-order valence-electron chi connectivity index (χ4n) is 1.85. The lowest BCUT2D eigenvalue weighted by atomic mass is 10.2. The molecule has 0 aromatic heterocycles. The van der Waals surface area contributed by atoms with E-state index in [0.717, 1.165) is 11.3 Å². The Morgan fingerprint density at radius 3 is 2.33 bits per heavy atom. The number of amides is 1. The van der Waals surface area contributed by atoms with Crippen LogP contribution in [0.5, 0.6) is 0 Å². The van der Waals surface area contributed by atoms with Gasteiger partial charge in [0.05, 0.1) is 6.04 Å². The quantitative estimate of drug-likeness (QED) is 0.883. The van der Waals surface area contributed by atoms with Gasteiger partial charge in [-0.05, 0) is 43.7 Å². The number of nitrogens with one attached hydrogen (secondary N) is 2. The highest BCUT2D eigenvalue weighted by Gasteiger charge is 2.12. The first-order chi connectivity index (χ1) is 10.0. The van der Waals surface area contributed by atoms with Crippen molar-refractivity contribution < 1.29 is 4.79 Å². The highest BCUT2D eigenvalue weighted by atomic mass is 35.5. The summed E-state index contributed by atoms with van der Waals surface area (Å²) in [5.41, 5.74) is 3.07. The second-order valence-corrected chi connectivity index (χ2v) is 5.52. The van der Waals surface area contributed by atoms with Crippen LogP contribution in [0.2, 0.25) is 5.02 Å². The Hall–Kier alpha value is -1.84. The van der Waals surface area contributed by atoms with Crippen LogP contribution >= 0.6 is 11.6 Å². The third kappa shape index (κ3) is 4.88. The molecule has 2 aromatic carbocycles. The summed E-state index contributed by atoms with van der Waals surface area (Å²) in [7, 11) is 0. The van der Waals surface area contributed by atoms with E-state index in [-0.39, 0.29) is 11.9 Å². The van der Waals surface area contributed by atoms with Crippen LogP contribution in [0.1, 0.15) is 18.1 Å². The van der Waals surface area contributed by atoms with Crippen LogP contribution in [0, 0.1) is 6.92 Å². The first-order valence-electron chi connectivity index (χ1n) is 6.90. The third-order valence-corrected chi connectivity index (χ3v) is 3.49. The van der Waals surface area contributed by atoms with E-state index in [9.17, 15) is 4.79 Å². The van der Waals surface area contributed by atoms with Gasteiger partial charge in [-0.15, -0.1) is 0 Å². The lowest BCUT2D eigenvalue weighted by Gasteiger charge is -2.14. The van der Waals surface area contributed by atoms with Crippen LogP contribution in [0.15, 0.2) is 48.5 Å². The number of hydrogen-bond donors (Lipinski definition) is 2. The van der Waals surface area contributed by atoms with Crippen LogP contribution < -0.4 is 10.6 Å². The molecule has 0 saturated heterocycles. The molecule has 2 aromatic rings. The molecule has 0 saturated carbocycles. The van der Waals surface area contributed by atoms with Gasteiger partial charge in [-0.1, -0.05) is 41.4 Å². The van der Waals surface area contributed by atoms with Crippen LogP contribution in [0.25, 0.3) is 0 Å². The largest absolute Gasteiger partial charge is 0.325 e. The minimum atomic E-state index is -0.276. The van der Waals surface area contributed by atoms with E-state index in [2.05, 4.69) is 10.6 Å². The Kier molecular flexibility index (Phi) is 5.37. The van der Waals surface area contributed by atoms with Crippen LogP contribution in [0.4, 0.5) is 5.69 Å². The van der Waals surface area contributed by atoms with Gasteiger partial charge in [-0.3, -0.25) is 4.79 Å². The number of aryl methyl sites for hydroxylation is 1. The second kappa shape index (κ2) is 7.25. The highest BCUT2D eigenvalue weighted by Crippen LogP contribution is 2.10. The van der Waals surface area contributed by atoms with Crippen LogP contribution in [-0.2, 0) is 11.3 Å². The van der Waals surface area contributed by atoms with E-state index in [1.807, 2.05) is 62.4 Å². The molecule has 3 nitrogen and oxygen atoms in total. The molecule has 0 heterocycles. The summed E-state index contributed by atoms with van der Waals surface area (Å²) in [4.78, 5) is 12.1. The maximum Gasteiger partial charge on any atom is 0.241 e. The van der Waals surface area contributed by atoms with Crippen molar-refractivity contribution in [2.45, 2.75) is 26.4 Å². The van der Waals surface area contributed by atoms with Crippen molar-refractivity contribution in [2.24, 2.45) is 0 Å². The van der Waals surface area contributed by atoms with E-state index in [4.69, 9.17) is 11.6 Å². The first-order valence-corrected chi connectivity index (χ1v) is 7.28. The summed E-state index contributed by atoms with van der Waals surface area (Å²) in [6, 6.07) is 15.0. The van der Waals surface area contributed by atoms with Gasteiger partial charge >= 0.3 is 0 Å². The predicted octanol–water partition coefficient (Wildman–Crippen LogP) is 3.77. The summed E-state index contributed by atoms with van der Waals surface area (Å²) in [5.74, 6) is -0.0483. The number of anilines is 1. The molecule has 1 amide bonds. The van der Waals surface area contributed by atoms with E-state index < -0.39 is 0 Å². The Morgan fingerprint density at radius 1 is 1.10 bits per heavy atom. The average molecular weight is 303 g/mol. The molecule has 2 N–H and O–H groups in total. The predicted molar refractivity (Wildman–Crippen MR) is 87.6 cm³/mol. The lowest BCUT2D eigenvalue weighted by Crippen LogP contribution is -2.37. The van der Waals surface area contributed by atoms with Gasteiger partial charge < -0.3 is 10.6 Å². The number of hydrogen-bond acceptors (Lipinski definition) is 2. The van der Waals surface area contributed by atoms with E-state index in [1.165, 1.54) is 5.56 Å². The number of rotatable bonds is 5. The van der Waals surface area contributed by atoms with E-state index >= 15 is 0 Å². The van der Waals surface area contributed by atoms with Gasteiger partial charge in [0.25, 0.3) is 0 Å². The first kappa shape index (κ1) is 15.5. The Balaban J connectivity index is 1.84. The molecular formula is C17H19ClN2O. The summed E-state index contributed by atoms with van der Waals surface area (Å²) >= 11 is 5.84. The zero-order valence-electron chi connectivity index (χ0n) is 12.2. The molecule has 1 unspecified atom stereocenters. The van der Waals surface area contributed by atoms with Crippen molar-refractivity contribution in [2.75, 3.05) is 5.32 Å². The molecular weight excluding hydrogens is 284 g/mol. The molecule has 1 atom stereocenters. The summed E-state index contributed by atoms with van der Waals surface area (Å²) in [6.07, 6.45) is 0. The molecule has 0 fully saturated rings. The molecule has 2 rings (SSSR count). The van der Waals surface area contributed by atoms with E-state index in [1.54, 1.807) is 0 Å². The monoisotopic (exact) mass is 302 g/mol. The maximum absolute atomic E-state index is 12.1. The molecule has 0 aliphatic rings. The molecule has 21 heavy (non-hydrogen) atoms. The third-order valence-electron chi connectivity index (χ3n) is 3.24. The number of carbonyl (C=O) groups is 1. The molecule has 0 radical (unpaired) electrons. The second-order valence-electron chi connectivity index (χ2n) is 5.08. The summed E-state index contributed by atoms with van der Waals surface area (Å²) in [5, 5.41) is 6.80. The molecule has 0 aliphatic heterocycles. The molecule has 0 aliphatic carbocycles. The van der Waals surface area contributed by atoms with Crippen molar-refractivity contribution in [3.63, 3.8) is 0 Å². The molecule has 0 spiro atoms. The fraction of sp³-hybridized carbons (Fsp3) is 0.235. The lowest BCUT2D eigenvalue weighted by molar-refractivity contribution is -0.117. The Labute approximate surface area is 130 Å². The van der Waals surface area contributed by atoms with Gasteiger partial charge in [-0.25, -0.2) is 0 Å². The number of halogens is 1. The fourth-order valence-corrected chi connectivity index (χ4v) is 1.98. The Morgan fingerprint density at radius 2 is 1.71 bits per heavy atom. The average Bonchev–Trinajstić information content (AvgIpc) is 2.48. The molecule has 0 bridgehead atoms. The minimum Gasteiger partial charge on any atom is -0.325 e. The maximum atomic E-state index is 12.1. The number of carbonyl (C=O) groups excluding carboxylic acids is 1. The Bertz CT molecular complexity index is 593. The van der Waals surface area contributed by atoms with Crippen molar-refractivity contribution in [1.29, 1.82) is 0 Å². The SMILES string of the molecule is Cc1ccc(NC(=O)C(C)NCc2ccc(Cl)cc2)cc1. The normalized spacial score (nSPS) is 12.0. The van der Waals surface area contributed by atoms with Gasteiger partial charge in [0.2, 0.25) is 5.91 Å². The van der Waals surface area contributed by atoms with Gasteiger partial charge in [0, 0.05) is 17.3 Å². The van der Waals surface area contributed by atoms with Gasteiger partial charge in [-0.2, -0.15) is 0 Å². The van der Waals surface area contributed by atoms with Gasteiger partial charge in [0.15, 0.2) is 0 Å². The van der Waals surface area contributed by atoms with Crippen LogP contribution in [-0.4, -0.2) is 11.9 Å². The molecule has 110 valence electrons. The minimum absolute atomic E-state index is 0.0483.